The first-order valence-corrected chi connectivity index (χ1v) is 7.21. The van der Waals surface area contributed by atoms with Gasteiger partial charge in [0.1, 0.15) is 22.8 Å². The molecule has 1 amide bonds. The van der Waals surface area contributed by atoms with Crippen molar-refractivity contribution < 1.29 is 13.7 Å². The highest BCUT2D eigenvalue weighted by atomic mass is 35.5. The van der Waals surface area contributed by atoms with Crippen LogP contribution in [0.5, 0.6) is 0 Å². The minimum atomic E-state index is -0.384. The van der Waals surface area contributed by atoms with Crippen LogP contribution in [0.2, 0.25) is 5.02 Å². The molecule has 6 heteroatoms. The van der Waals surface area contributed by atoms with Crippen molar-refractivity contribution in [3.8, 4) is 11.3 Å². The van der Waals surface area contributed by atoms with Gasteiger partial charge in [0.05, 0.1) is 0 Å². The highest BCUT2D eigenvalue weighted by molar-refractivity contribution is 6.30. The number of halogens is 2. The number of aromatic nitrogens is 1. The Labute approximate surface area is 136 Å². The Bertz CT molecular complexity index is 859. The van der Waals surface area contributed by atoms with E-state index >= 15 is 0 Å². The van der Waals surface area contributed by atoms with Crippen molar-refractivity contribution in [2.45, 2.75) is 6.92 Å². The van der Waals surface area contributed by atoms with Crippen LogP contribution in [0.3, 0.4) is 0 Å². The molecule has 4 nitrogen and oxygen atoms in total. The summed E-state index contributed by atoms with van der Waals surface area (Å²) in [7, 11) is 0. The van der Waals surface area contributed by atoms with E-state index in [0.29, 0.717) is 33.3 Å². The van der Waals surface area contributed by atoms with Gasteiger partial charge in [-0.25, -0.2) is 4.39 Å². The van der Waals surface area contributed by atoms with Crippen LogP contribution >= 0.6 is 11.6 Å². The molecule has 0 aliphatic rings. The Morgan fingerprint density at radius 2 is 1.96 bits per heavy atom. The number of nitrogens with one attached hydrogen (secondary N) is 1. The molecule has 0 fully saturated rings. The summed E-state index contributed by atoms with van der Waals surface area (Å²) in [5.41, 5.74) is 1.88. The van der Waals surface area contributed by atoms with Crippen LogP contribution in [0.1, 0.15) is 16.1 Å². The van der Waals surface area contributed by atoms with Crippen LogP contribution < -0.4 is 5.32 Å². The van der Waals surface area contributed by atoms with Crippen LogP contribution in [0.15, 0.2) is 53.1 Å². The molecule has 1 N–H and O–H groups in total. The van der Waals surface area contributed by atoms with Gasteiger partial charge in [0.15, 0.2) is 0 Å². The van der Waals surface area contributed by atoms with Crippen molar-refractivity contribution in [1.29, 1.82) is 0 Å². The van der Waals surface area contributed by atoms with Gasteiger partial charge in [-0.1, -0.05) is 28.9 Å². The number of hydrogen-bond donors (Lipinski definition) is 1. The van der Waals surface area contributed by atoms with Gasteiger partial charge < -0.3 is 9.84 Å². The van der Waals surface area contributed by atoms with E-state index in [1.165, 1.54) is 24.3 Å². The van der Waals surface area contributed by atoms with Crippen LogP contribution in [-0.2, 0) is 0 Å². The van der Waals surface area contributed by atoms with Crippen molar-refractivity contribution in [3.05, 3.63) is 70.7 Å². The Kier molecular flexibility index (Phi) is 4.12. The second-order valence-electron chi connectivity index (χ2n) is 4.93. The molecule has 2 aromatic carbocycles. The van der Waals surface area contributed by atoms with E-state index in [0.717, 1.165) is 0 Å². The predicted molar refractivity (Wildman–Crippen MR) is 86.0 cm³/mol. The first-order chi connectivity index (χ1) is 11.0. The fourth-order valence-corrected chi connectivity index (χ4v) is 2.39. The monoisotopic (exact) mass is 330 g/mol. The average molecular weight is 331 g/mol. The molecule has 0 aliphatic heterocycles. The van der Waals surface area contributed by atoms with Crippen molar-refractivity contribution in [1.82, 2.24) is 5.16 Å². The molecule has 0 spiro atoms. The molecule has 0 radical (unpaired) electrons. The maximum absolute atomic E-state index is 12.9. The molecule has 116 valence electrons. The van der Waals surface area contributed by atoms with Gasteiger partial charge in [0.25, 0.3) is 5.91 Å². The largest absolute Gasteiger partial charge is 0.360 e. The van der Waals surface area contributed by atoms with Gasteiger partial charge in [0.2, 0.25) is 0 Å². The van der Waals surface area contributed by atoms with Gasteiger partial charge in [-0.05, 0) is 43.3 Å². The lowest BCUT2D eigenvalue weighted by atomic mass is 10.1. The average Bonchev–Trinajstić information content (AvgIpc) is 2.91. The smallest absolute Gasteiger partial charge is 0.261 e. The van der Waals surface area contributed by atoms with E-state index in [1.54, 1.807) is 31.2 Å². The minimum Gasteiger partial charge on any atom is -0.360 e. The molecule has 0 saturated carbocycles. The van der Waals surface area contributed by atoms with Crippen molar-refractivity contribution in [2.24, 2.45) is 0 Å². The number of hydrogen-bond acceptors (Lipinski definition) is 3. The van der Waals surface area contributed by atoms with E-state index in [-0.39, 0.29) is 11.7 Å². The Hall–Kier alpha value is -2.66. The molecule has 0 bridgehead atoms. The number of nitrogens with zero attached hydrogens (tertiary/aromatic N) is 1. The van der Waals surface area contributed by atoms with Crippen LogP contribution in [-0.4, -0.2) is 11.1 Å². The molecule has 0 atom stereocenters. The van der Waals surface area contributed by atoms with Gasteiger partial charge in [-0.3, -0.25) is 4.79 Å². The molecule has 0 saturated heterocycles. The van der Waals surface area contributed by atoms with Gasteiger partial charge in [0, 0.05) is 16.3 Å². The predicted octanol–water partition coefficient (Wildman–Crippen LogP) is 4.69. The number of amides is 1. The molecule has 1 heterocycles. The third-order valence-electron chi connectivity index (χ3n) is 3.29. The summed E-state index contributed by atoms with van der Waals surface area (Å²) in [6.07, 6.45) is 0. The number of aryl methyl sites for hydroxylation is 1. The molecule has 1 aromatic heterocycles. The number of carbonyl (C=O) groups is 1. The summed E-state index contributed by atoms with van der Waals surface area (Å²) >= 11 is 5.98. The lowest BCUT2D eigenvalue weighted by Gasteiger charge is -2.06. The first kappa shape index (κ1) is 15.2. The summed E-state index contributed by atoms with van der Waals surface area (Å²) in [5, 5.41) is 7.18. The zero-order chi connectivity index (χ0) is 16.4. The van der Waals surface area contributed by atoms with E-state index in [1.807, 2.05) is 0 Å². The Balaban J connectivity index is 1.95. The van der Waals surface area contributed by atoms with Crippen molar-refractivity contribution in [3.63, 3.8) is 0 Å². The molecular weight excluding hydrogens is 319 g/mol. The highest BCUT2D eigenvalue weighted by Gasteiger charge is 2.21. The third kappa shape index (κ3) is 3.24. The summed E-state index contributed by atoms with van der Waals surface area (Å²) < 4.78 is 18.1. The maximum Gasteiger partial charge on any atom is 0.261 e. The lowest BCUT2D eigenvalue weighted by molar-refractivity contribution is 0.102. The first-order valence-electron chi connectivity index (χ1n) is 6.84. The number of rotatable bonds is 3. The summed E-state index contributed by atoms with van der Waals surface area (Å²) in [6, 6.07) is 12.5. The second-order valence-corrected chi connectivity index (χ2v) is 5.37. The SMILES string of the molecule is Cc1onc(-c2cccc(Cl)c2)c1C(=O)Nc1ccc(F)cc1. The molecule has 3 aromatic rings. The molecule has 23 heavy (non-hydrogen) atoms. The van der Waals surface area contributed by atoms with Gasteiger partial charge >= 0.3 is 0 Å². The zero-order valence-electron chi connectivity index (χ0n) is 12.1. The van der Waals surface area contributed by atoms with E-state index < -0.39 is 0 Å². The number of anilines is 1. The van der Waals surface area contributed by atoms with Gasteiger partial charge in [-0.15, -0.1) is 0 Å². The number of benzene rings is 2. The van der Waals surface area contributed by atoms with Crippen LogP contribution in [0, 0.1) is 12.7 Å². The Morgan fingerprint density at radius 1 is 1.22 bits per heavy atom. The summed E-state index contributed by atoms with van der Waals surface area (Å²) in [5.74, 6) is -0.367. The zero-order valence-corrected chi connectivity index (χ0v) is 12.9. The van der Waals surface area contributed by atoms with Crippen LogP contribution in [0.4, 0.5) is 10.1 Å². The summed E-state index contributed by atoms with van der Waals surface area (Å²) in [4.78, 5) is 12.5. The highest BCUT2D eigenvalue weighted by Crippen LogP contribution is 2.28. The topological polar surface area (TPSA) is 55.1 Å². The molecule has 0 aliphatic carbocycles. The quantitative estimate of drug-likeness (QED) is 0.757. The van der Waals surface area contributed by atoms with E-state index in [9.17, 15) is 9.18 Å². The van der Waals surface area contributed by atoms with Crippen molar-refractivity contribution >= 4 is 23.2 Å². The van der Waals surface area contributed by atoms with Crippen molar-refractivity contribution in [2.75, 3.05) is 5.32 Å². The number of carbonyl (C=O) groups excluding carboxylic acids is 1. The molecule has 0 unspecified atom stereocenters. The lowest BCUT2D eigenvalue weighted by Crippen LogP contribution is -2.13. The molecule has 3 rings (SSSR count). The van der Waals surface area contributed by atoms with E-state index in [2.05, 4.69) is 10.5 Å². The molecular formula is C17H12ClFN2O2. The van der Waals surface area contributed by atoms with Crippen LogP contribution in [0.25, 0.3) is 11.3 Å². The fraction of sp³-hybridized carbons (Fsp3) is 0.0588. The standard InChI is InChI=1S/C17H12ClFN2O2/c1-10-15(17(22)20-14-7-5-13(19)6-8-14)16(21-23-10)11-3-2-4-12(18)9-11/h2-9H,1H3,(H,20,22). The minimum absolute atomic E-state index is 0.316. The van der Waals surface area contributed by atoms with E-state index in [4.69, 9.17) is 16.1 Å². The third-order valence-corrected chi connectivity index (χ3v) is 3.53. The fourth-order valence-electron chi connectivity index (χ4n) is 2.20. The summed E-state index contributed by atoms with van der Waals surface area (Å²) in [6.45, 7) is 1.65. The second kappa shape index (κ2) is 6.22. The Morgan fingerprint density at radius 3 is 2.65 bits per heavy atom. The maximum atomic E-state index is 12.9. The van der Waals surface area contributed by atoms with Gasteiger partial charge in [-0.2, -0.15) is 0 Å². The normalized spacial score (nSPS) is 10.6.